The average molecular weight is 285 g/mol. The number of carbonyl (C=O) groups is 1. The molecule has 2 aromatic heterocycles. The smallest absolute Gasteiger partial charge is 0.227 e. The Morgan fingerprint density at radius 1 is 1.48 bits per heavy atom. The Morgan fingerprint density at radius 2 is 2.29 bits per heavy atom. The maximum atomic E-state index is 11.9. The maximum Gasteiger partial charge on any atom is 0.227 e. The number of pyridine rings is 1. The fraction of sp³-hybridized carbons (Fsp3) is 0.375. The first-order chi connectivity index (χ1) is 10.1. The quantitative estimate of drug-likeness (QED) is 0.917. The van der Waals surface area contributed by atoms with Gasteiger partial charge < -0.3 is 14.6 Å². The lowest BCUT2D eigenvalue weighted by Crippen LogP contribution is -2.15. The van der Waals surface area contributed by atoms with E-state index in [1.807, 2.05) is 26.2 Å². The summed E-state index contributed by atoms with van der Waals surface area (Å²) in [6.07, 6.45) is 7.03. The molecule has 1 fully saturated rings. The van der Waals surface area contributed by atoms with E-state index in [0.717, 1.165) is 41.9 Å². The molecule has 0 unspecified atom stereocenters. The molecule has 0 aliphatic heterocycles. The summed E-state index contributed by atoms with van der Waals surface area (Å²) in [5, 5.41) is 2.95. The summed E-state index contributed by atoms with van der Waals surface area (Å²) in [6.45, 7) is 0.751. The van der Waals surface area contributed by atoms with E-state index in [1.54, 1.807) is 18.7 Å². The van der Waals surface area contributed by atoms with E-state index < -0.39 is 0 Å². The monoisotopic (exact) mass is 285 g/mol. The first-order valence-corrected chi connectivity index (χ1v) is 7.10. The molecule has 0 atom stereocenters. The fourth-order valence-electron chi connectivity index (χ4n) is 2.29. The van der Waals surface area contributed by atoms with E-state index in [-0.39, 0.29) is 11.8 Å². The largest absolute Gasteiger partial charge is 0.472 e. The van der Waals surface area contributed by atoms with E-state index >= 15 is 0 Å². The van der Waals surface area contributed by atoms with Crippen molar-refractivity contribution >= 4 is 11.6 Å². The summed E-state index contributed by atoms with van der Waals surface area (Å²) in [5.74, 6) is 0.291. The second-order valence-corrected chi connectivity index (χ2v) is 5.75. The van der Waals surface area contributed by atoms with Gasteiger partial charge in [0.2, 0.25) is 5.91 Å². The molecule has 1 saturated carbocycles. The molecule has 1 amide bonds. The maximum absolute atomic E-state index is 11.9. The van der Waals surface area contributed by atoms with Gasteiger partial charge in [-0.25, -0.2) is 0 Å². The number of aromatic nitrogens is 1. The number of amides is 1. The molecule has 21 heavy (non-hydrogen) atoms. The lowest BCUT2D eigenvalue weighted by atomic mass is 10.1. The van der Waals surface area contributed by atoms with Crippen LogP contribution in [0.3, 0.4) is 0 Å². The predicted octanol–water partition coefficient (Wildman–Crippen LogP) is 2.75. The highest BCUT2D eigenvalue weighted by Crippen LogP contribution is 2.31. The molecule has 5 nitrogen and oxygen atoms in total. The van der Waals surface area contributed by atoms with Crippen LogP contribution >= 0.6 is 0 Å². The SMILES string of the molecule is CN(C)Cc1cc(NC(=O)C2CC2)cnc1-c1ccoc1. The summed E-state index contributed by atoms with van der Waals surface area (Å²) >= 11 is 0. The van der Waals surface area contributed by atoms with Crippen LogP contribution in [0, 0.1) is 5.92 Å². The van der Waals surface area contributed by atoms with Crippen LogP contribution in [0.25, 0.3) is 11.3 Å². The van der Waals surface area contributed by atoms with Crippen molar-refractivity contribution in [3.63, 3.8) is 0 Å². The number of nitrogens with one attached hydrogen (secondary N) is 1. The second kappa shape index (κ2) is 5.69. The van der Waals surface area contributed by atoms with Gasteiger partial charge in [-0.2, -0.15) is 0 Å². The van der Waals surface area contributed by atoms with Crippen molar-refractivity contribution in [2.24, 2.45) is 5.92 Å². The minimum Gasteiger partial charge on any atom is -0.472 e. The highest BCUT2D eigenvalue weighted by molar-refractivity contribution is 5.94. The lowest BCUT2D eigenvalue weighted by molar-refractivity contribution is -0.117. The highest BCUT2D eigenvalue weighted by Gasteiger charge is 2.29. The molecule has 110 valence electrons. The standard InChI is InChI=1S/C16H19N3O2/c1-19(2)9-13-7-14(18-16(20)11-3-4-11)8-17-15(13)12-5-6-21-10-12/h5-8,10-11H,3-4,9H2,1-2H3,(H,18,20). The van der Waals surface area contributed by atoms with E-state index in [2.05, 4.69) is 15.2 Å². The third kappa shape index (κ3) is 3.31. The van der Waals surface area contributed by atoms with Gasteiger partial charge in [-0.3, -0.25) is 9.78 Å². The van der Waals surface area contributed by atoms with Crippen molar-refractivity contribution in [1.82, 2.24) is 9.88 Å². The number of furan rings is 1. The van der Waals surface area contributed by atoms with Gasteiger partial charge in [0.15, 0.2) is 0 Å². The van der Waals surface area contributed by atoms with E-state index in [9.17, 15) is 4.79 Å². The highest BCUT2D eigenvalue weighted by atomic mass is 16.3. The van der Waals surface area contributed by atoms with Crippen LogP contribution in [0.15, 0.2) is 35.3 Å². The number of hydrogen-bond donors (Lipinski definition) is 1. The number of carbonyl (C=O) groups excluding carboxylic acids is 1. The third-order valence-corrected chi connectivity index (χ3v) is 3.46. The molecular formula is C16H19N3O2. The fourth-order valence-corrected chi connectivity index (χ4v) is 2.29. The molecule has 0 saturated heterocycles. The Bertz CT molecular complexity index is 631. The number of rotatable bonds is 5. The minimum atomic E-state index is 0.101. The zero-order chi connectivity index (χ0) is 14.8. The van der Waals surface area contributed by atoms with Gasteiger partial charge in [0.1, 0.15) is 0 Å². The van der Waals surface area contributed by atoms with Crippen molar-refractivity contribution in [2.75, 3.05) is 19.4 Å². The van der Waals surface area contributed by atoms with Gasteiger partial charge in [-0.15, -0.1) is 0 Å². The van der Waals surface area contributed by atoms with Crippen molar-refractivity contribution in [2.45, 2.75) is 19.4 Å². The molecule has 2 aromatic rings. The zero-order valence-electron chi connectivity index (χ0n) is 12.3. The molecule has 0 aromatic carbocycles. The number of nitrogens with zero attached hydrogens (tertiary/aromatic N) is 2. The first kappa shape index (κ1) is 13.8. The van der Waals surface area contributed by atoms with E-state index in [0.29, 0.717) is 0 Å². The molecule has 1 aliphatic rings. The molecule has 0 spiro atoms. The summed E-state index contributed by atoms with van der Waals surface area (Å²) in [7, 11) is 4.02. The zero-order valence-corrected chi connectivity index (χ0v) is 12.3. The van der Waals surface area contributed by atoms with Crippen LogP contribution in [-0.2, 0) is 11.3 Å². The molecule has 0 bridgehead atoms. The van der Waals surface area contributed by atoms with Crippen molar-refractivity contribution < 1.29 is 9.21 Å². The Morgan fingerprint density at radius 3 is 2.90 bits per heavy atom. The molecular weight excluding hydrogens is 266 g/mol. The van der Waals surface area contributed by atoms with Crippen LogP contribution in [0.2, 0.25) is 0 Å². The normalized spacial score (nSPS) is 14.4. The molecule has 2 heterocycles. The van der Waals surface area contributed by atoms with Crippen LogP contribution in [0.5, 0.6) is 0 Å². The number of anilines is 1. The van der Waals surface area contributed by atoms with Crippen molar-refractivity contribution in [1.29, 1.82) is 0 Å². The van der Waals surface area contributed by atoms with Gasteiger partial charge in [-0.05, 0) is 44.6 Å². The molecule has 1 N–H and O–H groups in total. The van der Waals surface area contributed by atoms with Crippen LogP contribution < -0.4 is 5.32 Å². The lowest BCUT2D eigenvalue weighted by Gasteiger charge is -2.14. The predicted molar refractivity (Wildman–Crippen MR) is 80.7 cm³/mol. The third-order valence-electron chi connectivity index (χ3n) is 3.46. The summed E-state index contributed by atoms with van der Waals surface area (Å²) in [4.78, 5) is 18.4. The Kier molecular flexibility index (Phi) is 3.75. The van der Waals surface area contributed by atoms with Crippen molar-refractivity contribution in [3.8, 4) is 11.3 Å². The van der Waals surface area contributed by atoms with Gasteiger partial charge in [-0.1, -0.05) is 0 Å². The van der Waals surface area contributed by atoms with Crippen LogP contribution in [-0.4, -0.2) is 29.9 Å². The number of hydrogen-bond acceptors (Lipinski definition) is 4. The summed E-state index contributed by atoms with van der Waals surface area (Å²) < 4.78 is 5.14. The molecule has 3 rings (SSSR count). The molecule has 1 aliphatic carbocycles. The van der Waals surface area contributed by atoms with Crippen LogP contribution in [0.1, 0.15) is 18.4 Å². The van der Waals surface area contributed by atoms with E-state index in [4.69, 9.17) is 4.42 Å². The molecule has 5 heteroatoms. The summed E-state index contributed by atoms with van der Waals surface area (Å²) in [6, 6.07) is 3.89. The second-order valence-electron chi connectivity index (χ2n) is 5.75. The van der Waals surface area contributed by atoms with E-state index in [1.165, 1.54) is 0 Å². The minimum absolute atomic E-state index is 0.101. The Balaban J connectivity index is 1.88. The van der Waals surface area contributed by atoms with Gasteiger partial charge >= 0.3 is 0 Å². The average Bonchev–Trinajstić information content (AvgIpc) is 3.15. The van der Waals surface area contributed by atoms with Gasteiger partial charge in [0, 0.05) is 18.0 Å². The first-order valence-electron chi connectivity index (χ1n) is 7.10. The van der Waals surface area contributed by atoms with Gasteiger partial charge in [0.25, 0.3) is 0 Å². The van der Waals surface area contributed by atoms with Crippen LogP contribution in [0.4, 0.5) is 5.69 Å². The van der Waals surface area contributed by atoms with Gasteiger partial charge in [0.05, 0.1) is 30.1 Å². The Hall–Kier alpha value is -2.14. The topological polar surface area (TPSA) is 58.4 Å². The molecule has 0 radical (unpaired) electrons. The Labute approximate surface area is 124 Å². The van der Waals surface area contributed by atoms with Crippen molar-refractivity contribution in [3.05, 3.63) is 36.4 Å². The summed E-state index contributed by atoms with van der Waals surface area (Å²) in [5.41, 5.74) is 3.67.